The molecule has 2 heterocycles. The van der Waals surface area contributed by atoms with E-state index in [1.165, 1.54) is 0 Å². The largest absolute Gasteiger partial charge is 0.488 e. The number of H-pyrrole nitrogens is 1. The maximum absolute atomic E-state index is 12.2. The van der Waals surface area contributed by atoms with E-state index in [2.05, 4.69) is 10.3 Å². The molecular formula is C22H20N2O4. The van der Waals surface area contributed by atoms with Gasteiger partial charge in [0, 0.05) is 29.2 Å². The third kappa shape index (κ3) is 3.91. The number of benzene rings is 2. The molecule has 1 aromatic heterocycles. The molecule has 0 spiro atoms. The maximum Gasteiger partial charge on any atom is 0.338 e. The third-order valence-electron chi connectivity index (χ3n) is 4.62. The summed E-state index contributed by atoms with van der Waals surface area (Å²) in [6.07, 6.45) is 4.37. The molecule has 0 bridgehead atoms. The van der Waals surface area contributed by atoms with Gasteiger partial charge in [0.2, 0.25) is 0 Å². The van der Waals surface area contributed by atoms with Crippen molar-refractivity contribution in [2.75, 3.05) is 19.8 Å². The summed E-state index contributed by atoms with van der Waals surface area (Å²) in [4.78, 5) is 27.3. The third-order valence-corrected chi connectivity index (χ3v) is 4.62. The highest BCUT2D eigenvalue weighted by molar-refractivity contribution is 5.96. The van der Waals surface area contributed by atoms with Crippen LogP contribution in [0.2, 0.25) is 0 Å². The van der Waals surface area contributed by atoms with Crippen LogP contribution in [0.4, 0.5) is 0 Å². The van der Waals surface area contributed by atoms with Gasteiger partial charge in [-0.3, -0.25) is 4.79 Å². The lowest BCUT2D eigenvalue weighted by molar-refractivity contribution is -0.145. The van der Waals surface area contributed by atoms with Gasteiger partial charge in [-0.1, -0.05) is 36.4 Å². The summed E-state index contributed by atoms with van der Waals surface area (Å²) >= 11 is 0. The van der Waals surface area contributed by atoms with Crippen LogP contribution in [-0.2, 0) is 20.7 Å². The number of hydrogen-bond acceptors (Lipinski definition) is 4. The Labute approximate surface area is 162 Å². The molecule has 0 saturated carbocycles. The first-order chi connectivity index (χ1) is 13.7. The van der Waals surface area contributed by atoms with E-state index < -0.39 is 5.97 Å². The van der Waals surface area contributed by atoms with Crippen LogP contribution in [0.3, 0.4) is 0 Å². The molecule has 0 aliphatic carbocycles. The van der Waals surface area contributed by atoms with Gasteiger partial charge in [-0.05, 0) is 30.2 Å². The first-order valence-corrected chi connectivity index (χ1v) is 9.12. The second-order valence-corrected chi connectivity index (χ2v) is 6.53. The summed E-state index contributed by atoms with van der Waals surface area (Å²) in [6.45, 7) is 0.293. The Morgan fingerprint density at radius 3 is 2.86 bits per heavy atom. The molecule has 2 aromatic carbocycles. The Balaban J connectivity index is 1.25. The van der Waals surface area contributed by atoms with Gasteiger partial charge in [0.25, 0.3) is 5.91 Å². The minimum Gasteiger partial charge on any atom is -0.488 e. The van der Waals surface area contributed by atoms with Gasteiger partial charge in [0.15, 0.2) is 6.61 Å². The van der Waals surface area contributed by atoms with E-state index in [-0.39, 0.29) is 19.1 Å². The predicted molar refractivity (Wildman–Crippen MR) is 106 cm³/mol. The highest BCUT2D eigenvalue weighted by atomic mass is 16.5. The molecule has 0 atom stereocenters. The molecule has 6 nitrogen and oxygen atoms in total. The fourth-order valence-corrected chi connectivity index (χ4v) is 3.18. The van der Waals surface area contributed by atoms with Crippen molar-refractivity contribution in [1.29, 1.82) is 0 Å². The standard InChI is InChI=1S/C22H20N2O4/c25-21(23-10-9-16-12-24-19-7-3-2-6-18(16)19)14-28-22(26)17-11-15-5-1-4-8-20(15)27-13-17/h1-8,11-12,24H,9-10,13-14H2,(H,23,25). The van der Waals surface area contributed by atoms with E-state index in [4.69, 9.17) is 9.47 Å². The van der Waals surface area contributed by atoms with Gasteiger partial charge >= 0.3 is 5.97 Å². The van der Waals surface area contributed by atoms with Gasteiger partial charge in [0.05, 0.1) is 5.57 Å². The molecule has 1 aliphatic rings. The Hall–Kier alpha value is -3.54. The first kappa shape index (κ1) is 17.9. The van der Waals surface area contributed by atoms with Crippen molar-refractivity contribution in [2.24, 2.45) is 0 Å². The van der Waals surface area contributed by atoms with Crippen LogP contribution >= 0.6 is 0 Å². The van der Waals surface area contributed by atoms with Gasteiger partial charge in [0.1, 0.15) is 12.4 Å². The maximum atomic E-state index is 12.2. The van der Waals surface area contributed by atoms with Crippen LogP contribution in [0.15, 0.2) is 60.3 Å². The van der Waals surface area contributed by atoms with Gasteiger partial charge in [-0.2, -0.15) is 0 Å². The lowest BCUT2D eigenvalue weighted by atomic mass is 10.1. The second-order valence-electron chi connectivity index (χ2n) is 6.53. The Morgan fingerprint density at radius 1 is 1.11 bits per heavy atom. The van der Waals surface area contributed by atoms with Crippen molar-refractivity contribution in [3.8, 4) is 5.75 Å². The number of aromatic nitrogens is 1. The highest BCUT2D eigenvalue weighted by Crippen LogP contribution is 2.26. The zero-order chi connectivity index (χ0) is 19.3. The molecule has 1 aliphatic heterocycles. The number of amides is 1. The number of carbonyl (C=O) groups is 2. The van der Waals surface area contributed by atoms with Crippen LogP contribution < -0.4 is 10.1 Å². The van der Waals surface area contributed by atoms with Crippen LogP contribution in [0, 0.1) is 0 Å². The number of carbonyl (C=O) groups excluding carboxylic acids is 2. The quantitative estimate of drug-likeness (QED) is 0.649. The molecule has 0 radical (unpaired) electrons. The van der Waals surface area contributed by atoms with Gasteiger partial charge in [-0.25, -0.2) is 4.79 Å². The second kappa shape index (κ2) is 8.00. The van der Waals surface area contributed by atoms with Crippen LogP contribution in [0.25, 0.3) is 17.0 Å². The van der Waals surface area contributed by atoms with E-state index in [0.717, 1.165) is 27.8 Å². The zero-order valence-corrected chi connectivity index (χ0v) is 15.2. The minimum atomic E-state index is -0.540. The van der Waals surface area contributed by atoms with Crippen LogP contribution in [-0.4, -0.2) is 36.6 Å². The molecular weight excluding hydrogens is 356 g/mol. The summed E-state index contributed by atoms with van der Waals surface area (Å²) in [5, 5.41) is 3.92. The van der Waals surface area contributed by atoms with Crippen molar-refractivity contribution in [3.05, 3.63) is 71.4 Å². The summed E-state index contributed by atoms with van der Waals surface area (Å²) < 4.78 is 10.6. The highest BCUT2D eigenvalue weighted by Gasteiger charge is 2.19. The summed E-state index contributed by atoms with van der Waals surface area (Å²) in [6, 6.07) is 15.5. The average molecular weight is 376 g/mol. The molecule has 2 N–H and O–H groups in total. The lowest BCUT2D eigenvalue weighted by Gasteiger charge is -2.16. The topological polar surface area (TPSA) is 80.4 Å². The summed E-state index contributed by atoms with van der Waals surface area (Å²) in [5.74, 6) is -0.138. The van der Waals surface area contributed by atoms with Crippen LogP contribution in [0.1, 0.15) is 11.1 Å². The number of fused-ring (bicyclic) bond motifs is 2. The fourth-order valence-electron chi connectivity index (χ4n) is 3.18. The first-order valence-electron chi connectivity index (χ1n) is 9.12. The molecule has 1 amide bonds. The zero-order valence-electron chi connectivity index (χ0n) is 15.2. The SMILES string of the molecule is O=C(COC(=O)C1=Cc2ccccc2OC1)NCCc1c[nH]c2ccccc12. The molecule has 28 heavy (non-hydrogen) atoms. The molecule has 6 heteroatoms. The molecule has 0 saturated heterocycles. The van der Waals surface area contributed by atoms with E-state index >= 15 is 0 Å². The number of aromatic amines is 1. The minimum absolute atomic E-state index is 0.137. The summed E-state index contributed by atoms with van der Waals surface area (Å²) in [5.41, 5.74) is 3.42. The normalized spacial score (nSPS) is 12.6. The number of hydrogen-bond donors (Lipinski definition) is 2. The Bertz CT molecular complexity index is 1050. The van der Waals surface area contributed by atoms with E-state index in [9.17, 15) is 9.59 Å². The Kier molecular flexibility index (Phi) is 5.10. The van der Waals surface area contributed by atoms with Gasteiger partial charge < -0.3 is 19.8 Å². The van der Waals surface area contributed by atoms with Crippen molar-refractivity contribution in [3.63, 3.8) is 0 Å². The monoisotopic (exact) mass is 376 g/mol. The van der Waals surface area contributed by atoms with Crippen molar-refractivity contribution >= 4 is 28.9 Å². The Morgan fingerprint density at radius 2 is 1.93 bits per heavy atom. The molecule has 4 rings (SSSR count). The number of ether oxygens (including phenoxy) is 2. The molecule has 3 aromatic rings. The molecule has 0 unspecified atom stereocenters. The lowest BCUT2D eigenvalue weighted by Crippen LogP contribution is -2.31. The van der Waals surface area contributed by atoms with Crippen molar-refractivity contribution in [2.45, 2.75) is 6.42 Å². The molecule has 142 valence electrons. The number of rotatable bonds is 6. The van der Waals surface area contributed by atoms with Crippen LogP contribution in [0.5, 0.6) is 5.75 Å². The van der Waals surface area contributed by atoms with Crippen molar-refractivity contribution in [1.82, 2.24) is 10.3 Å². The predicted octanol–water partition coefficient (Wildman–Crippen LogP) is 2.85. The molecule has 0 fully saturated rings. The smallest absolute Gasteiger partial charge is 0.338 e. The van der Waals surface area contributed by atoms with E-state index in [1.54, 1.807) is 6.08 Å². The number of esters is 1. The summed E-state index contributed by atoms with van der Waals surface area (Å²) in [7, 11) is 0. The number of para-hydroxylation sites is 2. The average Bonchev–Trinajstić information content (AvgIpc) is 3.15. The number of nitrogens with one attached hydrogen (secondary N) is 2. The fraction of sp³-hybridized carbons (Fsp3) is 0.182. The van der Waals surface area contributed by atoms with E-state index in [0.29, 0.717) is 18.5 Å². The van der Waals surface area contributed by atoms with Gasteiger partial charge in [-0.15, -0.1) is 0 Å². The van der Waals surface area contributed by atoms with E-state index in [1.807, 2.05) is 54.7 Å². The van der Waals surface area contributed by atoms with Crippen molar-refractivity contribution < 1.29 is 19.1 Å².